The van der Waals surface area contributed by atoms with Crippen LogP contribution in [0.4, 0.5) is 20.6 Å². The first kappa shape index (κ1) is 20.2. The molecule has 1 aliphatic heterocycles. The molecule has 2 aromatic rings. The fourth-order valence-electron chi connectivity index (χ4n) is 3.00. The van der Waals surface area contributed by atoms with E-state index in [2.05, 4.69) is 10.6 Å². The summed E-state index contributed by atoms with van der Waals surface area (Å²) in [6.07, 6.45) is 2.83. The van der Waals surface area contributed by atoms with Crippen molar-refractivity contribution in [3.05, 3.63) is 51.8 Å². The lowest BCUT2D eigenvalue weighted by Crippen LogP contribution is -2.35. The van der Waals surface area contributed by atoms with Crippen molar-refractivity contribution < 1.29 is 19.1 Å². The number of carbonyl (C=O) groups is 2. The molecule has 1 aliphatic rings. The van der Waals surface area contributed by atoms with E-state index in [1.165, 1.54) is 24.3 Å². The monoisotopic (exact) mass is 425 g/mol. The lowest BCUT2D eigenvalue weighted by atomic mass is 10.1. The van der Waals surface area contributed by atoms with E-state index in [-0.39, 0.29) is 32.9 Å². The summed E-state index contributed by atoms with van der Waals surface area (Å²) in [5.41, 5.74) is -0.00261. The maximum Gasteiger partial charge on any atom is 0.323 e. The predicted molar refractivity (Wildman–Crippen MR) is 107 cm³/mol. The van der Waals surface area contributed by atoms with E-state index in [1.807, 2.05) is 0 Å². The molecule has 2 aromatic carbocycles. The number of phenols is 1. The number of halogens is 3. The largest absolute Gasteiger partial charge is 0.505 e. The quantitative estimate of drug-likeness (QED) is 0.597. The van der Waals surface area contributed by atoms with Gasteiger partial charge in [-0.1, -0.05) is 29.3 Å². The molecule has 0 aromatic heterocycles. The summed E-state index contributed by atoms with van der Waals surface area (Å²) < 4.78 is 13.5. The van der Waals surface area contributed by atoms with Crippen LogP contribution < -0.4 is 10.6 Å². The number of carbonyl (C=O) groups excluding carboxylic acids is 2. The van der Waals surface area contributed by atoms with Gasteiger partial charge in [-0.25, -0.2) is 9.18 Å². The molecular weight excluding hydrogens is 408 g/mol. The zero-order valence-electron chi connectivity index (χ0n) is 14.8. The van der Waals surface area contributed by atoms with Gasteiger partial charge in [0, 0.05) is 13.1 Å². The van der Waals surface area contributed by atoms with Crippen molar-refractivity contribution in [2.45, 2.75) is 19.3 Å². The topological polar surface area (TPSA) is 81.7 Å². The number of amides is 3. The Morgan fingerprint density at radius 2 is 1.68 bits per heavy atom. The van der Waals surface area contributed by atoms with Crippen LogP contribution in [0.15, 0.2) is 30.3 Å². The number of piperidine rings is 1. The molecule has 0 unspecified atom stereocenters. The van der Waals surface area contributed by atoms with Crippen molar-refractivity contribution in [1.82, 2.24) is 4.90 Å². The van der Waals surface area contributed by atoms with E-state index < -0.39 is 17.6 Å². The minimum atomic E-state index is -0.763. The van der Waals surface area contributed by atoms with Crippen LogP contribution in [0.2, 0.25) is 10.0 Å². The third-order valence-electron chi connectivity index (χ3n) is 4.43. The molecule has 148 valence electrons. The first-order valence-electron chi connectivity index (χ1n) is 8.71. The van der Waals surface area contributed by atoms with Gasteiger partial charge >= 0.3 is 6.03 Å². The SMILES string of the molecule is O=C(Nc1ccc(Cl)c(C(=O)N2CCCCC2)c1O)Nc1cccc(F)c1Cl. The van der Waals surface area contributed by atoms with Crippen LogP contribution in [-0.2, 0) is 0 Å². The van der Waals surface area contributed by atoms with Crippen molar-refractivity contribution >= 4 is 46.5 Å². The molecule has 3 rings (SSSR count). The maximum absolute atomic E-state index is 13.5. The Hall–Kier alpha value is -2.51. The highest BCUT2D eigenvalue weighted by Crippen LogP contribution is 2.35. The van der Waals surface area contributed by atoms with Gasteiger partial charge in [0.05, 0.1) is 21.4 Å². The molecule has 9 heteroatoms. The molecule has 0 atom stereocenters. The summed E-state index contributed by atoms with van der Waals surface area (Å²) in [6, 6.07) is 6.01. The van der Waals surface area contributed by atoms with E-state index in [0.29, 0.717) is 13.1 Å². The van der Waals surface area contributed by atoms with E-state index in [1.54, 1.807) is 4.90 Å². The Kier molecular flexibility index (Phi) is 6.26. The van der Waals surface area contributed by atoms with Crippen molar-refractivity contribution in [2.24, 2.45) is 0 Å². The Morgan fingerprint density at radius 1 is 1.00 bits per heavy atom. The summed E-state index contributed by atoms with van der Waals surface area (Å²) in [5.74, 6) is -1.49. The van der Waals surface area contributed by atoms with Crippen LogP contribution in [0.5, 0.6) is 5.75 Å². The van der Waals surface area contributed by atoms with E-state index >= 15 is 0 Å². The first-order valence-corrected chi connectivity index (χ1v) is 9.47. The molecule has 6 nitrogen and oxygen atoms in total. The van der Waals surface area contributed by atoms with Crippen molar-refractivity contribution in [2.75, 3.05) is 23.7 Å². The highest BCUT2D eigenvalue weighted by atomic mass is 35.5. The summed E-state index contributed by atoms with van der Waals surface area (Å²) >= 11 is 11.9. The minimum Gasteiger partial charge on any atom is -0.505 e. The van der Waals surface area contributed by atoms with Gasteiger partial charge in [-0.05, 0) is 43.5 Å². The van der Waals surface area contributed by atoms with Crippen LogP contribution in [0.3, 0.4) is 0 Å². The number of rotatable bonds is 3. The fraction of sp³-hybridized carbons (Fsp3) is 0.263. The number of nitrogens with zero attached hydrogens (tertiary/aromatic N) is 1. The number of aromatic hydroxyl groups is 1. The second-order valence-electron chi connectivity index (χ2n) is 6.35. The van der Waals surface area contributed by atoms with E-state index in [0.717, 1.165) is 25.3 Å². The maximum atomic E-state index is 13.5. The second kappa shape index (κ2) is 8.67. The Morgan fingerprint density at radius 3 is 2.39 bits per heavy atom. The number of hydrogen-bond donors (Lipinski definition) is 3. The van der Waals surface area contributed by atoms with Crippen LogP contribution >= 0.6 is 23.2 Å². The Labute approximate surface area is 171 Å². The van der Waals surface area contributed by atoms with Gasteiger partial charge in [-0.2, -0.15) is 0 Å². The average Bonchev–Trinajstić information content (AvgIpc) is 2.68. The molecule has 28 heavy (non-hydrogen) atoms. The molecule has 1 saturated heterocycles. The highest BCUT2D eigenvalue weighted by molar-refractivity contribution is 6.35. The zero-order valence-corrected chi connectivity index (χ0v) is 16.3. The molecule has 1 fully saturated rings. The zero-order chi connectivity index (χ0) is 20.3. The lowest BCUT2D eigenvalue weighted by molar-refractivity contribution is 0.0721. The summed E-state index contributed by atoms with van der Waals surface area (Å²) in [6.45, 7) is 1.18. The Bertz CT molecular complexity index is 918. The van der Waals surface area contributed by atoms with Crippen molar-refractivity contribution in [1.29, 1.82) is 0 Å². The summed E-state index contributed by atoms with van der Waals surface area (Å²) in [7, 11) is 0. The number of benzene rings is 2. The molecule has 1 heterocycles. The number of phenolic OH excluding ortho intramolecular Hbond substituents is 1. The predicted octanol–water partition coefficient (Wildman–Crippen LogP) is 5.11. The van der Waals surface area contributed by atoms with Gasteiger partial charge in [0.1, 0.15) is 11.4 Å². The number of likely N-dealkylation sites (tertiary alicyclic amines) is 1. The third-order valence-corrected chi connectivity index (χ3v) is 5.13. The van der Waals surface area contributed by atoms with Crippen molar-refractivity contribution in [3.63, 3.8) is 0 Å². The molecule has 0 bridgehead atoms. The van der Waals surface area contributed by atoms with Gasteiger partial charge in [-0.15, -0.1) is 0 Å². The smallest absolute Gasteiger partial charge is 0.323 e. The van der Waals surface area contributed by atoms with E-state index in [9.17, 15) is 19.1 Å². The molecular formula is C19H18Cl2FN3O3. The molecule has 0 saturated carbocycles. The molecule has 0 spiro atoms. The third kappa shape index (κ3) is 4.31. The van der Waals surface area contributed by atoms with Gasteiger partial charge in [0.2, 0.25) is 0 Å². The first-order chi connectivity index (χ1) is 13.4. The van der Waals surface area contributed by atoms with Crippen molar-refractivity contribution in [3.8, 4) is 5.75 Å². The standard InChI is InChI=1S/C19H18Cl2FN3O3/c20-11-7-8-14(17(26)15(11)18(27)25-9-2-1-3-10-25)24-19(28)23-13-6-4-5-12(22)16(13)21/h4-8,26H,1-3,9-10H2,(H2,23,24,28). The normalized spacial score (nSPS) is 13.9. The van der Waals surface area contributed by atoms with Crippen LogP contribution in [-0.4, -0.2) is 35.0 Å². The lowest BCUT2D eigenvalue weighted by Gasteiger charge is -2.27. The Balaban J connectivity index is 1.80. The average molecular weight is 426 g/mol. The minimum absolute atomic E-state index is 0.00483. The molecule has 3 amide bonds. The molecule has 0 radical (unpaired) electrons. The van der Waals surface area contributed by atoms with Crippen LogP contribution in [0.1, 0.15) is 29.6 Å². The van der Waals surface area contributed by atoms with Crippen LogP contribution in [0, 0.1) is 5.82 Å². The van der Waals surface area contributed by atoms with Gasteiger partial charge in [0.15, 0.2) is 5.75 Å². The number of urea groups is 1. The van der Waals surface area contributed by atoms with Crippen LogP contribution in [0.25, 0.3) is 0 Å². The van der Waals surface area contributed by atoms with Gasteiger partial charge < -0.3 is 20.6 Å². The van der Waals surface area contributed by atoms with Gasteiger partial charge in [-0.3, -0.25) is 4.79 Å². The fourth-order valence-corrected chi connectivity index (χ4v) is 3.41. The second-order valence-corrected chi connectivity index (χ2v) is 7.14. The summed E-state index contributed by atoms with van der Waals surface area (Å²) in [4.78, 5) is 26.6. The summed E-state index contributed by atoms with van der Waals surface area (Å²) in [5, 5.41) is 15.2. The number of hydrogen-bond acceptors (Lipinski definition) is 3. The highest BCUT2D eigenvalue weighted by Gasteiger charge is 2.25. The molecule has 0 aliphatic carbocycles. The number of nitrogens with one attached hydrogen (secondary N) is 2. The molecule has 3 N–H and O–H groups in total. The van der Waals surface area contributed by atoms with E-state index in [4.69, 9.17) is 23.2 Å². The number of anilines is 2. The van der Waals surface area contributed by atoms with Gasteiger partial charge in [0.25, 0.3) is 5.91 Å².